The van der Waals surface area contributed by atoms with Gasteiger partial charge in [0.15, 0.2) is 0 Å². The van der Waals surface area contributed by atoms with Gasteiger partial charge >= 0.3 is 0 Å². The van der Waals surface area contributed by atoms with Crippen LogP contribution in [0.15, 0.2) is 27.5 Å². The molecule has 2 aromatic heterocycles. The number of hydrogen-bond acceptors (Lipinski definition) is 5. The summed E-state index contributed by atoms with van der Waals surface area (Å²) in [7, 11) is 0. The van der Waals surface area contributed by atoms with Crippen molar-refractivity contribution in [2.75, 3.05) is 6.54 Å². The standard InChI is InChI=1S/C9H11N3O2/c1-2-10-5-8-11-9(12-14-8)7-3-4-13-6-7/h3-4,6,10H,2,5H2,1H3. The normalized spacial score (nSPS) is 10.6. The second kappa shape index (κ2) is 4.06. The average molecular weight is 193 g/mol. The minimum atomic E-state index is 0.562. The molecule has 0 bridgehead atoms. The molecule has 5 nitrogen and oxygen atoms in total. The Hall–Kier alpha value is -1.62. The van der Waals surface area contributed by atoms with Crippen LogP contribution in [-0.2, 0) is 6.54 Å². The topological polar surface area (TPSA) is 64.1 Å². The second-order valence-electron chi connectivity index (χ2n) is 2.80. The molecule has 0 saturated carbocycles. The summed E-state index contributed by atoms with van der Waals surface area (Å²) >= 11 is 0. The third kappa shape index (κ3) is 1.82. The largest absolute Gasteiger partial charge is 0.472 e. The highest BCUT2D eigenvalue weighted by molar-refractivity contribution is 5.51. The first-order chi connectivity index (χ1) is 6.90. The summed E-state index contributed by atoms with van der Waals surface area (Å²) in [5.41, 5.74) is 0.830. The fraction of sp³-hybridized carbons (Fsp3) is 0.333. The van der Waals surface area contributed by atoms with Gasteiger partial charge in [0, 0.05) is 0 Å². The van der Waals surface area contributed by atoms with Crippen LogP contribution in [0.1, 0.15) is 12.8 Å². The van der Waals surface area contributed by atoms with Crippen LogP contribution < -0.4 is 5.32 Å². The van der Waals surface area contributed by atoms with Crippen molar-refractivity contribution >= 4 is 0 Å². The lowest BCUT2D eigenvalue weighted by atomic mass is 10.3. The van der Waals surface area contributed by atoms with Crippen LogP contribution in [0.4, 0.5) is 0 Å². The molecular weight excluding hydrogens is 182 g/mol. The van der Waals surface area contributed by atoms with Gasteiger partial charge in [0.2, 0.25) is 11.7 Å². The monoisotopic (exact) mass is 193 g/mol. The Morgan fingerprint density at radius 3 is 3.14 bits per heavy atom. The van der Waals surface area contributed by atoms with Crippen molar-refractivity contribution in [1.29, 1.82) is 0 Å². The van der Waals surface area contributed by atoms with Gasteiger partial charge in [-0.25, -0.2) is 0 Å². The number of nitrogens with zero attached hydrogens (tertiary/aromatic N) is 2. The molecule has 0 aliphatic carbocycles. The summed E-state index contributed by atoms with van der Waals surface area (Å²) in [4.78, 5) is 4.19. The Kier molecular flexibility index (Phi) is 2.60. The second-order valence-corrected chi connectivity index (χ2v) is 2.80. The number of rotatable bonds is 4. The van der Waals surface area contributed by atoms with Gasteiger partial charge in [0.05, 0.1) is 18.4 Å². The molecule has 5 heteroatoms. The van der Waals surface area contributed by atoms with Gasteiger partial charge in [-0.1, -0.05) is 12.1 Å². The summed E-state index contributed by atoms with van der Waals surface area (Å²) in [6, 6.07) is 1.79. The predicted octanol–water partition coefficient (Wildman–Crippen LogP) is 1.44. The molecule has 74 valence electrons. The fourth-order valence-corrected chi connectivity index (χ4v) is 1.07. The van der Waals surface area contributed by atoms with E-state index in [0.717, 1.165) is 12.1 Å². The van der Waals surface area contributed by atoms with Crippen molar-refractivity contribution in [3.63, 3.8) is 0 Å². The maximum atomic E-state index is 5.03. The predicted molar refractivity (Wildman–Crippen MR) is 49.4 cm³/mol. The molecular formula is C9H11N3O2. The van der Waals surface area contributed by atoms with E-state index < -0.39 is 0 Å². The van der Waals surface area contributed by atoms with Crippen molar-refractivity contribution in [2.45, 2.75) is 13.5 Å². The van der Waals surface area contributed by atoms with Gasteiger partial charge in [0.25, 0.3) is 0 Å². The third-order valence-electron chi connectivity index (χ3n) is 1.77. The molecule has 0 atom stereocenters. The Bertz CT molecular complexity index is 380. The van der Waals surface area contributed by atoms with Crippen LogP contribution in [0.3, 0.4) is 0 Å². The molecule has 14 heavy (non-hydrogen) atoms. The molecule has 0 saturated heterocycles. The van der Waals surface area contributed by atoms with E-state index in [-0.39, 0.29) is 0 Å². The van der Waals surface area contributed by atoms with Crippen LogP contribution in [0, 0.1) is 0 Å². The Labute approximate surface area is 81.1 Å². The van der Waals surface area contributed by atoms with Gasteiger partial charge in [-0.05, 0) is 12.6 Å². The molecule has 0 amide bonds. The molecule has 0 aliphatic rings. The highest BCUT2D eigenvalue weighted by atomic mass is 16.5. The van der Waals surface area contributed by atoms with Crippen molar-refractivity contribution in [3.05, 3.63) is 24.5 Å². The van der Waals surface area contributed by atoms with E-state index in [1.54, 1.807) is 18.6 Å². The molecule has 0 unspecified atom stereocenters. The summed E-state index contributed by atoms with van der Waals surface area (Å²) in [5, 5.41) is 6.93. The lowest BCUT2D eigenvalue weighted by Crippen LogP contribution is -2.11. The highest BCUT2D eigenvalue weighted by Gasteiger charge is 2.08. The highest BCUT2D eigenvalue weighted by Crippen LogP contribution is 2.15. The molecule has 0 radical (unpaired) electrons. The zero-order chi connectivity index (χ0) is 9.80. The van der Waals surface area contributed by atoms with Gasteiger partial charge in [-0.3, -0.25) is 0 Å². The van der Waals surface area contributed by atoms with E-state index >= 15 is 0 Å². The lowest BCUT2D eigenvalue weighted by Gasteiger charge is -1.91. The first-order valence-electron chi connectivity index (χ1n) is 4.46. The molecule has 1 N–H and O–H groups in total. The fourth-order valence-electron chi connectivity index (χ4n) is 1.07. The minimum Gasteiger partial charge on any atom is -0.472 e. The van der Waals surface area contributed by atoms with E-state index in [0.29, 0.717) is 18.3 Å². The maximum absolute atomic E-state index is 5.03. The number of aromatic nitrogens is 2. The van der Waals surface area contributed by atoms with Crippen molar-refractivity contribution < 1.29 is 8.94 Å². The number of nitrogens with one attached hydrogen (secondary N) is 1. The molecule has 0 aliphatic heterocycles. The van der Waals surface area contributed by atoms with E-state index in [1.165, 1.54) is 0 Å². The third-order valence-corrected chi connectivity index (χ3v) is 1.77. The van der Waals surface area contributed by atoms with Crippen LogP contribution in [-0.4, -0.2) is 16.7 Å². The van der Waals surface area contributed by atoms with Crippen molar-refractivity contribution in [3.8, 4) is 11.4 Å². The molecule has 2 aromatic rings. The zero-order valence-corrected chi connectivity index (χ0v) is 7.86. The molecule has 0 fully saturated rings. The molecule has 2 rings (SSSR count). The van der Waals surface area contributed by atoms with Crippen molar-refractivity contribution in [2.24, 2.45) is 0 Å². The van der Waals surface area contributed by atoms with E-state index in [4.69, 9.17) is 8.94 Å². The van der Waals surface area contributed by atoms with Crippen LogP contribution in [0.2, 0.25) is 0 Å². The quantitative estimate of drug-likeness (QED) is 0.795. The van der Waals surface area contributed by atoms with Crippen LogP contribution in [0.5, 0.6) is 0 Å². The number of furan rings is 1. The Morgan fingerprint density at radius 2 is 2.43 bits per heavy atom. The summed E-state index contributed by atoms with van der Waals surface area (Å²) in [6.07, 6.45) is 3.16. The summed E-state index contributed by atoms with van der Waals surface area (Å²) in [6.45, 7) is 3.50. The Balaban J connectivity index is 2.10. The molecule has 0 spiro atoms. The van der Waals surface area contributed by atoms with E-state index in [2.05, 4.69) is 15.5 Å². The van der Waals surface area contributed by atoms with Gasteiger partial charge in [0.1, 0.15) is 6.26 Å². The van der Waals surface area contributed by atoms with Gasteiger partial charge in [-0.15, -0.1) is 0 Å². The Morgan fingerprint density at radius 1 is 1.50 bits per heavy atom. The minimum absolute atomic E-state index is 0.562. The van der Waals surface area contributed by atoms with Gasteiger partial charge < -0.3 is 14.3 Å². The smallest absolute Gasteiger partial charge is 0.240 e. The molecule has 2 heterocycles. The SMILES string of the molecule is CCNCc1nc(-c2ccoc2)no1. The maximum Gasteiger partial charge on any atom is 0.240 e. The average Bonchev–Trinajstić information content (AvgIpc) is 2.85. The first kappa shape index (κ1) is 8.96. The number of hydrogen-bond donors (Lipinski definition) is 1. The van der Waals surface area contributed by atoms with Crippen molar-refractivity contribution in [1.82, 2.24) is 15.5 Å². The lowest BCUT2D eigenvalue weighted by molar-refractivity contribution is 0.369. The summed E-state index contributed by atoms with van der Waals surface area (Å²) < 4.78 is 9.95. The zero-order valence-electron chi connectivity index (χ0n) is 7.86. The van der Waals surface area contributed by atoms with Crippen LogP contribution >= 0.6 is 0 Å². The van der Waals surface area contributed by atoms with E-state index in [9.17, 15) is 0 Å². The van der Waals surface area contributed by atoms with Crippen LogP contribution in [0.25, 0.3) is 11.4 Å². The first-order valence-corrected chi connectivity index (χ1v) is 4.46. The summed E-state index contributed by atoms with van der Waals surface area (Å²) in [5.74, 6) is 1.15. The van der Waals surface area contributed by atoms with Gasteiger partial charge in [-0.2, -0.15) is 4.98 Å². The van der Waals surface area contributed by atoms with E-state index in [1.807, 2.05) is 6.92 Å². The molecule has 0 aromatic carbocycles.